The van der Waals surface area contributed by atoms with E-state index < -0.39 is 0 Å². The molecule has 2 N–H and O–H groups in total. The van der Waals surface area contributed by atoms with Crippen LogP contribution in [0.15, 0.2) is 42.5 Å². The molecule has 0 heterocycles. The fourth-order valence-electron chi connectivity index (χ4n) is 1.86. The van der Waals surface area contributed by atoms with Crippen molar-refractivity contribution in [3.63, 3.8) is 0 Å². The number of hydrogen-bond acceptors (Lipinski definition) is 2. The fourth-order valence-corrected chi connectivity index (χ4v) is 1.86. The summed E-state index contributed by atoms with van der Waals surface area (Å²) in [5.74, 6) is -0.239. The molecule has 88 valence electrons. The van der Waals surface area contributed by atoms with Crippen LogP contribution in [0.5, 0.6) is 0 Å². The molecule has 3 heteroatoms. The summed E-state index contributed by atoms with van der Waals surface area (Å²) in [6.45, 7) is 1.93. The molecule has 2 aromatic carbocycles. The van der Waals surface area contributed by atoms with Crippen LogP contribution in [0.2, 0.25) is 0 Å². The predicted octanol–water partition coefficient (Wildman–Crippen LogP) is 3.48. The van der Waals surface area contributed by atoms with Crippen molar-refractivity contribution < 1.29 is 4.39 Å². The van der Waals surface area contributed by atoms with Gasteiger partial charge < -0.3 is 10.6 Å². The zero-order valence-electron chi connectivity index (χ0n) is 9.94. The van der Waals surface area contributed by atoms with Gasteiger partial charge in [0.15, 0.2) is 0 Å². The highest BCUT2D eigenvalue weighted by molar-refractivity contribution is 5.71. The molecule has 17 heavy (non-hydrogen) atoms. The van der Waals surface area contributed by atoms with Crippen molar-refractivity contribution in [2.45, 2.75) is 6.92 Å². The molecule has 0 aromatic heterocycles. The second kappa shape index (κ2) is 4.45. The van der Waals surface area contributed by atoms with Crippen LogP contribution >= 0.6 is 0 Å². The molecule has 0 saturated carbocycles. The zero-order valence-corrected chi connectivity index (χ0v) is 9.94. The van der Waals surface area contributed by atoms with E-state index in [2.05, 4.69) is 0 Å². The number of rotatable bonds is 2. The highest BCUT2D eigenvalue weighted by Gasteiger charge is 2.11. The molecule has 2 rings (SSSR count). The topological polar surface area (TPSA) is 29.3 Å². The van der Waals surface area contributed by atoms with E-state index in [1.165, 1.54) is 6.07 Å². The summed E-state index contributed by atoms with van der Waals surface area (Å²) in [4.78, 5) is 1.81. The van der Waals surface area contributed by atoms with Gasteiger partial charge >= 0.3 is 0 Å². The lowest BCUT2D eigenvalue weighted by atomic mass is 10.1. The number of anilines is 3. The van der Waals surface area contributed by atoms with Crippen molar-refractivity contribution in [2.75, 3.05) is 17.7 Å². The summed E-state index contributed by atoms with van der Waals surface area (Å²) in [7, 11) is 1.83. The van der Waals surface area contributed by atoms with Gasteiger partial charge in [-0.1, -0.05) is 18.2 Å². The van der Waals surface area contributed by atoms with Crippen LogP contribution in [0.25, 0.3) is 0 Å². The van der Waals surface area contributed by atoms with Crippen molar-refractivity contribution >= 4 is 17.1 Å². The molecule has 0 unspecified atom stereocenters. The molecule has 2 aromatic rings. The minimum atomic E-state index is -0.239. The van der Waals surface area contributed by atoms with E-state index in [0.717, 1.165) is 11.3 Å². The molecule has 2 nitrogen and oxygen atoms in total. The average molecular weight is 230 g/mol. The van der Waals surface area contributed by atoms with E-state index in [0.29, 0.717) is 11.4 Å². The maximum atomic E-state index is 13.7. The standard InChI is InChI=1S/C14H15FN2/c1-10-12(16)7-5-9-13(10)17(2)14-8-4-3-6-11(14)15/h3-9H,16H2,1-2H3. The summed E-state index contributed by atoms with van der Waals surface area (Å²) >= 11 is 0. The van der Waals surface area contributed by atoms with Gasteiger partial charge in [0.05, 0.1) is 5.69 Å². The second-order valence-corrected chi connectivity index (χ2v) is 4.00. The number of hydrogen-bond donors (Lipinski definition) is 1. The fraction of sp³-hybridized carbons (Fsp3) is 0.143. The quantitative estimate of drug-likeness (QED) is 0.800. The Labute approximate surface area is 100 Å². The minimum absolute atomic E-state index is 0.239. The van der Waals surface area contributed by atoms with E-state index in [4.69, 9.17) is 5.73 Å². The third-order valence-corrected chi connectivity index (χ3v) is 2.92. The summed E-state index contributed by atoms with van der Waals surface area (Å²) in [5.41, 5.74) is 8.98. The summed E-state index contributed by atoms with van der Waals surface area (Å²) in [6.07, 6.45) is 0. The molecule has 0 fully saturated rings. The Hall–Kier alpha value is -2.03. The zero-order chi connectivity index (χ0) is 12.4. The van der Waals surface area contributed by atoms with Crippen LogP contribution in [-0.2, 0) is 0 Å². The van der Waals surface area contributed by atoms with E-state index in [1.54, 1.807) is 17.0 Å². The van der Waals surface area contributed by atoms with Crippen molar-refractivity contribution in [3.8, 4) is 0 Å². The molecule has 0 aliphatic carbocycles. The number of halogens is 1. The lowest BCUT2D eigenvalue weighted by Gasteiger charge is -2.22. The van der Waals surface area contributed by atoms with Crippen LogP contribution in [-0.4, -0.2) is 7.05 Å². The SMILES string of the molecule is Cc1c(N)cccc1N(C)c1ccccc1F. The van der Waals surface area contributed by atoms with Gasteiger partial charge in [-0.05, 0) is 36.8 Å². The van der Waals surface area contributed by atoms with Gasteiger partial charge in [0.2, 0.25) is 0 Å². The first-order valence-corrected chi connectivity index (χ1v) is 5.44. The number of nitrogens with zero attached hydrogens (tertiary/aromatic N) is 1. The van der Waals surface area contributed by atoms with E-state index in [1.807, 2.05) is 38.2 Å². The number of nitrogens with two attached hydrogens (primary N) is 1. The van der Waals surface area contributed by atoms with E-state index in [-0.39, 0.29) is 5.82 Å². The molecule has 0 saturated heterocycles. The largest absolute Gasteiger partial charge is 0.398 e. The first kappa shape index (κ1) is 11.5. The van der Waals surface area contributed by atoms with E-state index in [9.17, 15) is 4.39 Å². The molecule has 0 atom stereocenters. The average Bonchev–Trinajstić information content (AvgIpc) is 2.32. The Bertz CT molecular complexity index is 537. The molecule has 0 bridgehead atoms. The normalized spacial score (nSPS) is 10.3. The maximum Gasteiger partial charge on any atom is 0.146 e. The summed E-state index contributed by atoms with van der Waals surface area (Å²) in [5, 5.41) is 0. The van der Waals surface area contributed by atoms with Crippen LogP contribution in [0, 0.1) is 12.7 Å². The molecule has 0 radical (unpaired) electrons. The Morgan fingerprint density at radius 2 is 1.65 bits per heavy atom. The van der Waals surface area contributed by atoms with Crippen molar-refractivity contribution in [1.29, 1.82) is 0 Å². The molecular weight excluding hydrogens is 215 g/mol. The van der Waals surface area contributed by atoms with Crippen molar-refractivity contribution in [2.24, 2.45) is 0 Å². The molecule has 0 aliphatic heterocycles. The molecule has 0 amide bonds. The first-order chi connectivity index (χ1) is 8.11. The third kappa shape index (κ3) is 2.09. The monoisotopic (exact) mass is 230 g/mol. The smallest absolute Gasteiger partial charge is 0.146 e. The van der Waals surface area contributed by atoms with Gasteiger partial charge in [0.1, 0.15) is 5.82 Å². The van der Waals surface area contributed by atoms with Crippen LogP contribution in [0.4, 0.5) is 21.5 Å². The Kier molecular flexibility index (Phi) is 3.00. The Balaban J connectivity index is 2.48. The van der Waals surface area contributed by atoms with Gasteiger partial charge in [-0.25, -0.2) is 4.39 Å². The first-order valence-electron chi connectivity index (χ1n) is 5.44. The maximum absolute atomic E-state index is 13.7. The molecule has 0 aliphatic rings. The van der Waals surface area contributed by atoms with Gasteiger partial charge in [0, 0.05) is 18.4 Å². The van der Waals surface area contributed by atoms with Crippen molar-refractivity contribution in [3.05, 3.63) is 53.8 Å². The van der Waals surface area contributed by atoms with Gasteiger partial charge in [-0.3, -0.25) is 0 Å². The van der Waals surface area contributed by atoms with Crippen LogP contribution < -0.4 is 10.6 Å². The second-order valence-electron chi connectivity index (χ2n) is 4.00. The van der Waals surface area contributed by atoms with Gasteiger partial charge in [-0.15, -0.1) is 0 Å². The van der Waals surface area contributed by atoms with E-state index >= 15 is 0 Å². The number of nitrogen functional groups attached to an aromatic ring is 1. The predicted molar refractivity (Wildman–Crippen MR) is 70.1 cm³/mol. The Morgan fingerprint density at radius 3 is 2.35 bits per heavy atom. The highest BCUT2D eigenvalue weighted by atomic mass is 19.1. The summed E-state index contributed by atoms with van der Waals surface area (Å²) in [6, 6.07) is 12.3. The molecule has 0 spiro atoms. The number of benzene rings is 2. The van der Waals surface area contributed by atoms with Gasteiger partial charge in [0.25, 0.3) is 0 Å². The summed E-state index contributed by atoms with van der Waals surface area (Å²) < 4.78 is 13.7. The lowest BCUT2D eigenvalue weighted by molar-refractivity contribution is 0.627. The van der Waals surface area contributed by atoms with Crippen molar-refractivity contribution in [1.82, 2.24) is 0 Å². The van der Waals surface area contributed by atoms with Gasteiger partial charge in [-0.2, -0.15) is 0 Å². The minimum Gasteiger partial charge on any atom is -0.398 e. The lowest BCUT2D eigenvalue weighted by Crippen LogP contribution is -2.13. The van der Waals surface area contributed by atoms with Crippen LogP contribution in [0.3, 0.4) is 0 Å². The third-order valence-electron chi connectivity index (χ3n) is 2.92. The van der Waals surface area contributed by atoms with Crippen LogP contribution in [0.1, 0.15) is 5.56 Å². The molecular formula is C14H15FN2. The number of para-hydroxylation sites is 1. The highest BCUT2D eigenvalue weighted by Crippen LogP contribution is 2.30. The Morgan fingerprint density at radius 1 is 1.00 bits per heavy atom.